The molecule has 0 radical (unpaired) electrons. The first-order valence-electron chi connectivity index (χ1n) is 15.3. The Labute approximate surface area is 298 Å². The van der Waals surface area contributed by atoms with Crippen molar-refractivity contribution in [1.82, 2.24) is 4.98 Å². The lowest BCUT2D eigenvalue weighted by atomic mass is 9.94. The van der Waals surface area contributed by atoms with Gasteiger partial charge in [0.05, 0.1) is 36.0 Å². The molecule has 0 bridgehead atoms. The van der Waals surface area contributed by atoms with Crippen LogP contribution in [0.15, 0.2) is 88.0 Å². The third kappa shape index (κ3) is 10.3. The predicted octanol–water partition coefficient (Wildman–Crippen LogP) is 8.66. The van der Waals surface area contributed by atoms with Gasteiger partial charge in [0.1, 0.15) is 11.5 Å². The van der Waals surface area contributed by atoms with Crippen LogP contribution in [0.2, 0.25) is 0 Å². The molecular formula is C38H43BrN2O5S2. The Bertz CT molecular complexity index is 1790. The number of rotatable bonds is 9. The number of aliphatic hydroxyl groups is 1. The van der Waals surface area contributed by atoms with E-state index in [4.69, 9.17) is 20.3 Å². The smallest absolute Gasteiger partial charge is 0.180 e. The fourth-order valence-corrected chi connectivity index (χ4v) is 7.37. The lowest BCUT2D eigenvalue weighted by Crippen LogP contribution is -2.07. The van der Waals surface area contributed by atoms with Crippen LogP contribution >= 0.6 is 27.3 Å². The number of methoxy groups -OCH3 is 2. The van der Waals surface area contributed by atoms with Crippen LogP contribution in [-0.2, 0) is 17.2 Å². The highest BCUT2D eigenvalue weighted by molar-refractivity contribution is 9.09. The minimum atomic E-state index is -1.28. The fourth-order valence-electron chi connectivity index (χ4n) is 5.31. The number of carbonyl (C=O) groups excluding carboxylic acids is 1. The van der Waals surface area contributed by atoms with Gasteiger partial charge in [-0.3, -0.25) is 4.79 Å². The van der Waals surface area contributed by atoms with E-state index in [2.05, 4.69) is 59.0 Å². The first-order valence-corrected chi connectivity index (χ1v) is 18.4. The number of ketones is 1. The van der Waals surface area contributed by atoms with Gasteiger partial charge in [-0.05, 0) is 123 Å². The van der Waals surface area contributed by atoms with Gasteiger partial charge in [0.25, 0.3) is 0 Å². The molecule has 0 aliphatic rings. The van der Waals surface area contributed by atoms with Crippen LogP contribution in [-0.4, -0.2) is 46.2 Å². The number of benzene rings is 4. The molecule has 1 aromatic heterocycles. The van der Waals surface area contributed by atoms with Gasteiger partial charge in [0.2, 0.25) is 0 Å². The van der Waals surface area contributed by atoms with Gasteiger partial charge in [-0.15, -0.1) is 11.3 Å². The molecule has 7 nitrogen and oxygen atoms in total. The van der Waals surface area contributed by atoms with Crippen molar-refractivity contribution >= 4 is 49.0 Å². The van der Waals surface area contributed by atoms with Crippen molar-refractivity contribution in [3.05, 3.63) is 117 Å². The average molecular weight is 752 g/mol. The maximum Gasteiger partial charge on any atom is 0.180 e. The van der Waals surface area contributed by atoms with Gasteiger partial charge in [0.15, 0.2) is 10.9 Å². The second-order valence-electron chi connectivity index (χ2n) is 10.9. The summed E-state index contributed by atoms with van der Waals surface area (Å²) in [6.45, 7) is 9.94. The van der Waals surface area contributed by atoms with Crippen molar-refractivity contribution in [3.63, 3.8) is 0 Å². The minimum Gasteiger partial charge on any atom is -0.497 e. The number of hydrogen-bond acceptors (Lipinski definition) is 8. The largest absolute Gasteiger partial charge is 0.497 e. The Morgan fingerprint density at radius 1 is 0.833 bits per heavy atom. The first-order chi connectivity index (χ1) is 22.9. The molecule has 1 unspecified atom stereocenters. The number of Topliss-reactive ketones (excluding diaryl/α,β-unsaturated/α-hetero) is 1. The topological polar surface area (TPSA) is 112 Å². The molecule has 254 valence electrons. The molecule has 5 aromatic rings. The van der Waals surface area contributed by atoms with E-state index in [1.54, 1.807) is 45.4 Å². The zero-order chi connectivity index (χ0) is 35.4. The molecule has 48 heavy (non-hydrogen) atoms. The van der Waals surface area contributed by atoms with E-state index in [1.807, 2.05) is 43.5 Å². The first kappa shape index (κ1) is 38.6. The van der Waals surface area contributed by atoms with Gasteiger partial charge in [0, 0.05) is 32.9 Å². The van der Waals surface area contributed by atoms with Crippen LogP contribution in [0.4, 0.5) is 5.13 Å². The van der Waals surface area contributed by atoms with E-state index in [9.17, 15) is 9.00 Å². The standard InChI is InChI=1S/C19H20N2OS.C17H17BrO3S.C2H6O/c1-12-8-15(10-14-4-6-16(22-3)7-5-14)9-13(2)18(12)17-11-23-19(20)21-17;1-11-8-15(9-12(2)17(11)16(19)10-18)22(20)14-6-4-13(21-3)5-7-14;1-2-3/h4-9,11H,10H2,1-3H3,(H2,20,21);4-9H,10H2,1-3H3;3H,2H2,1H3. The Morgan fingerprint density at radius 2 is 1.33 bits per heavy atom. The monoisotopic (exact) mass is 750 g/mol. The SMILES string of the molecule is CCO.COc1ccc(Cc2cc(C)c(-c3csc(N)n3)c(C)c2)cc1.COc1ccc(S(=O)c2cc(C)c(C(=O)CBr)c(C)c2)cc1. The van der Waals surface area contributed by atoms with Gasteiger partial charge in [-0.1, -0.05) is 40.2 Å². The Balaban J connectivity index is 0.000000241. The maximum atomic E-state index is 12.7. The third-order valence-corrected chi connectivity index (χ3v) is 9.88. The Morgan fingerprint density at radius 3 is 1.77 bits per heavy atom. The molecule has 1 atom stereocenters. The number of nitrogen functional groups attached to an aromatic ring is 1. The van der Waals surface area contributed by atoms with Gasteiger partial charge < -0.3 is 20.3 Å². The van der Waals surface area contributed by atoms with Crippen LogP contribution < -0.4 is 15.2 Å². The predicted molar refractivity (Wildman–Crippen MR) is 202 cm³/mol. The number of alkyl halides is 1. The molecule has 1 heterocycles. The van der Waals surface area contributed by atoms with Crippen molar-refractivity contribution in [2.45, 2.75) is 50.8 Å². The number of aliphatic hydroxyl groups excluding tert-OH is 1. The van der Waals surface area contributed by atoms with Gasteiger partial charge in [-0.25, -0.2) is 9.19 Å². The van der Waals surface area contributed by atoms with E-state index >= 15 is 0 Å². The van der Waals surface area contributed by atoms with E-state index in [0.717, 1.165) is 34.7 Å². The summed E-state index contributed by atoms with van der Waals surface area (Å²) in [6, 6.07) is 23.5. The highest BCUT2D eigenvalue weighted by atomic mass is 79.9. The summed E-state index contributed by atoms with van der Waals surface area (Å²) in [4.78, 5) is 17.8. The normalized spacial score (nSPS) is 11.0. The Hall–Kier alpha value is -3.83. The summed E-state index contributed by atoms with van der Waals surface area (Å²) in [5.74, 6) is 1.65. The molecule has 0 spiro atoms. The van der Waals surface area contributed by atoms with Crippen LogP contribution in [0.25, 0.3) is 11.3 Å². The van der Waals surface area contributed by atoms with Crippen molar-refractivity contribution in [2.24, 2.45) is 0 Å². The van der Waals surface area contributed by atoms with Crippen LogP contribution in [0.3, 0.4) is 0 Å². The molecule has 3 N–H and O–H groups in total. The zero-order valence-corrected chi connectivity index (χ0v) is 31.6. The summed E-state index contributed by atoms with van der Waals surface area (Å²) < 4.78 is 23.0. The second-order valence-corrected chi connectivity index (χ2v) is 13.9. The van der Waals surface area contributed by atoms with E-state index in [1.165, 1.54) is 39.2 Å². The molecule has 0 aliphatic heterocycles. The molecule has 0 amide bonds. The molecule has 0 saturated carbocycles. The van der Waals surface area contributed by atoms with Crippen LogP contribution in [0, 0.1) is 27.7 Å². The Kier molecular flexibility index (Phi) is 15.0. The van der Waals surface area contributed by atoms with Gasteiger partial charge >= 0.3 is 0 Å². The lowest BCUT2D eigenvalue weighted by molar-refractivity contribution is 0.102. The minimum absolute atomic E-state index is 0.0387. The number of carbonyl (C=O) groups is 1. The number of nitrogens with zero attached hydrogens (tertiary/aromatic N) is 1. The summed E-state index contributed by atoms with van der Waals surface area (Å²) in [6.07, 6.45) is 0.908. The van der Waals surface area contributed by atoms with E-state index in [0.29, 0.717) is 20.5 Å². The van der Waals surface area contributed by atoms with Gasteiger partial charge in [-0.2, -0.15) is 0 Å². The molecule has 10 heteroatoms. The molecule has 4 aromatic carbocycles. The lowest BCUT2D eigenvalue weighted by Gasteiger charge is -2.11. The van der Waals surface area contributed by atoms with Crippen LogP contribution in [0.5, 0.6) is 11.5 Å². The molecule has 0 saturated heterocycles. The molecule has 5 rings (SSSR count). The van der Waals surface area contributed by atoms with E-state index in [-0.39, 0.29) is 17.7 Å². The second kappa shape index (κ2) is 18.6. The summed E-state index contributed by atoms with van der Waals surface area (Å²) in [7, 11) is 2.00. The highest BCUT2D eigenvalue weighted by Gasteiger charge is 2.16. The fraction of sp³-hybridized carbons (Fsp3) is 0.263. The van der Waals surface area contributed by atoms with Crippen LogP contribution in [0.1, 0.15) is 50.7 Å². The maximum absolute atomic E-state index is 12.7. The van der Waals surface area contributed by atoms with Crippen molar-refractivity contribution < 1.29 is 23.6 Å². The van der Waals surface area contributed by atoms with E-state index < -0.39 is 10.8 Å². The average Bonchev–Trinajstić information content (AvgIpc) is 3.50. The highest BCUT2D eigenvalue weighted by Crippen LogP contribution is 2.31. The molecular weight excluding hydrogens is 708 g/mol. The summed E-state index contributed by atoms with van der Waals surface area (Å²) in [5, 5.41) is 10.5. The number of hydrogen-bond donors (Lipinski definition) is 2. The van der Waals surface area contributed by atoms with Crippen molar-refractivity contribution in [2.75, 3.05) is 31.9 Å². The molecule has 0 fully saturated rings. The third-order valence-electron chi connectivity index (χ3n) is 7.33. The summed E-state index contributed by atoms with van der Waals surface area (Å²) >= 11 is 4.68. The number of ether oxygens (including phenoxy) is 2. The van der Waals surface area contributed by atoms with Crippen molar-refractivity contribution in [3.8, 4) is 22.8 Å². The summed E-state index contributed by atoms with van der Waals surface area (Å²) in [5.41, 5.74) is 15.4. The quantitative estimate of drug-likeness (QED) is 0.115. The number of aryl methyl sites for hydroxylation is 4. The number of thiazole rings is 1. The molecule has 0 aliphatic carbocycles. The number of anilines is 1. The zero-order valence-electron chi connectivity index (χ0n) is 28.4. The number of halogens is 1. The number of nitrogens with two attached hydrogens (primary N) is 1. The van der Waals surface area contributed by atoms with Crippen molar-refractivity contribution in [1.29, 1.82) is 0 Å². The number of aromatic nitrogens is 1.